The molecule has 3 N–H and O–H groups in total. The number of nitrogens with two attached hydrogens (primary N) is 1. The van der Waals surface area contributed by atoms with Crippen LogP contribution in [0.25, 0.3) is 0 Å². The predicted octanol–water partition coefficient (Wildman–Crippen LogP) is 0.776. The largest absolute Gasteiger partial charge is 0.393 e. The fourth-order valence-corrected chi connectivity index (χ4v) is 4.95. The molecule has 6 nitrogen and oxygen atoms in total. The number of nitrogen functional groups attached to an aromatic ring is 1. The highest BCUT2D eigenvalue weighted by Crippen LogP contribution is 2.35. The number of hydrogen-bond donors (Lipinski definition) is 2. The van der Waals surface area contributed by atoms with Crippen molar-refractivity contribution in [1.82, 2.24) is 9.78 Å². The fourth-order valence-electron chi connectivity index (χ4n) is 3.25. The Bertz CT molecular complexity index is 638. The molecular formula is C12H19N3O3S. The molecule has 1 aliphatic heterocycles. The number of rotatable bonds is 2. The summed E-state index contributed by atoms with van der Waals surface area (Å²) in [6.07, 6.45) is 4.91. The summed E-state index contributed by atoms with van der Waals surface area (Å²) in [6.45, 7) is 0. The normalized spacial score (nSPS) is 27.1. The summed E-state index contributed by atoms with van der Waals surface area (Å²) in [5.74, 6) is 0.519. The van der Waals surface area contributed by atoms with Crippen molar-refractivity contribution in [2.24, 2.45) is 0 Å². The molecule has 1 aliphatic carbocycles. The van der Waals surface area contributed by atoms with Gasteiger partial charge in [-0.1, -0.05) is 12.8 Å². The summed E-state index contributed by atoms with van der Waals surface area (Å²) < 4.78 is 24.5. The van der Waals surface area contributed by atoms with E-state index in [4.69, 9.17) is 5.73 Å². The van der Waals surface area contributed by atoms with E-state index in [1.54, 1.807) is 0 Å². The van der Waals surface area contributed by atoms with Crippen molar-refractivity contribution in [3.05, 3.63) is 16.0 Å². The van der Waals surface area contributed by atoms with Gasteiger partial charge < -0.3 is 5.73 Å². The molecule has 7 heteroatoms. The van der Waals surface area contributed by atoms with Crippen LogP contribution in [-0.2, 0) is 9.84 Å². The van der Waals surface area contributed by atoms with Crippen LogP contribution in [-0.4, -0.2) is 29.7 Å². The van der Waals surface area contributed by atoms with Crippen LogP contribution in [0, 0.1) is 0 Å². The molecule has 0 amide bonds. The Labute approximate surface area is 111 Å². The van der Waals surface area contributed by atoms with Gasteiger partial charge in [0.15, 0.2) is 9.84 Å². The lowest BCUT2D eigenvalue weighted by molar-refractivity contribution is 0.477. The van der Waals surface area contributed by atoms with E-state index >= 15 is 0 Å². The molecule has 0 spiro atoms. The van der Waals surface area contributed by atoms with Crippen LogP contribution in [0.1, 0.15) is 49.8 Å². The summed E-state index contributed by atoms with van der Waals surface area (Å²) in [4.78, 5) is 12.2. The van der Waals surface area contributed by atoms with Crippen LogP contribution in [0.5, 0.6) is 0 Å². The maximum atomic E-state index is 12.2. The van der Waals surface area contributed by atoms with E-state index < -0.39 is 9.84 Å². The first-order valence-electron chi connectivity index (χ1n) is 6.78. The molecule has 2 fully saturated rings. The van der Waals surface area contributed by atoms with E-state index in [1.807, 2.05) is 0 Å². The van der Waals surface area contributed by atoms with Crippen LogP contribution >= 0.6 is 0 Å². The van der Waals surface area contributed by atoms with E-state index in [-0.39, 0.29) is 28.8 Å². The second-order valence-corrected chi connectivity index (χ2v) is 7.88. The lowest BCUT2D eigenvalue weighted by Gasteiger charge is -2.10. The summed E-state index contributed by atoms with van der Waals surface area (Å²) in [5.41, 5.74) is 6.73. The van der Waals surface area contributed by atoms with Crippen molar-refractivity contribution in [2.45, 2.75) is 44.1 Å². The number of aromatic nitrogens is 2. The highest BCUT2D eigenvalue weighted by atomic mass is 32.2. The third-order valence-electron chi connectivity index (χ3n) is 4.32. The molecule has 1 unspecified atom stereocenters. The smallest absolute Gasteiger partial charge is 0.290 e. The van der Waals surface area contributed by atoms with Crippen LogP contribution < -0.4 is 11.3 Å². The minimum Gasteiger partial charge on any atom is -0.393 e. The number of anilines is 1. The van der Waals surface area contributed by atoms with Crippen LogP contribution in [0.4, 0.5) is 5.69 Å². The zero-order valence-electron chi connectivity index (χ0n) is 10.8. The summed E-state index contributed by atoms with van der Waals surface area (Å²) in [5, 5.41) is 3.09. The monoisotopic (exact) mass is 285 g/mol. The number of H-pyrrole nitrogens is 1. The van der Waals surface area contributed by atoms with Gasteiger partial charge in [0.25, 0.3) is 5.56 Å². The Kier molecular flexibility index (Phi) is 2.96. The Morgan fingerprint density at radius 1 is 1.21 bits per heavy atom. The SMILES string of the molecule is Nc1c(C2CCCC2)[nH]n(C2CCS(=O)(=O)C2)c1=O. The van der Waals surface area contributed by atoms with Crippen LogP contribution in [0.15, 0.2) is 4.79 Å². The van der Waals surface area contributed by atoms with E-state index in [0.29, 0.717) is 12.3 Å². The van der Waals surface area contributed by atoms with Crippen LogP contribution in [0.2, 0.25) is 0 Å². The second-order valence-electron chi connectivity index (χ2n) is 5.65. The molecule has 0 bridgehead atoms. The van der Waals surface area contributed by atoms with Gasteiger partial charge >= 0.3 is 0 Å². The predicted molar refractivity (Wildman–Crippen MR) is 73.0 cm³/mol. The fraction of sp³-hybridized carbons (Fsp3) is 0.750. The van der Waals surface area contributed by atoms with Crippen LogP contribution in [0.3, 0.4) is 0 Å². The van der Waals surface area contributed by atoms with Gasteiger partial charge in [0.2, 0.25) is 0 Å². The zero-order valence-corrected chi connectivity index (χ0v) is 11.6. The molecule has 19 heavy (non-hydrogen) atoms. The first-order valence-corrected chi connectivity index (χ1v) is 8.60. The molecule has 106 valence electrons. The maximum Gasteiger partial charge on any atom is 0.290 e. The minimum absolute atomic E-state index is 0.0387. The molecule has 2 heterocycles. The Balaban J connectivity index is 1.95. The number of sulfone groups is 1. The van der Waals surface area contributed by atoms with Gasteiger partial charge in [-0.05, 0) is 19.3 Å². The second kappa shape index (κ2) is 4.40. The molecule has 0 radical (unpaired) electrons. The molecule has 2 aliphatic rings. The molecule has 1 aromatic rings. The van der Waals surface area contributed by atoms with Gasteiger partial charge in [-0.2, -0.15) is 0 Å². The van der Waals surface area contributed by atoms with Crippen molar-refractivity contribution in [1.29, 1.82) is 0 Å². The zero-order chi connectivity index (χ0) is 13.6. The summed E-state index contributed by atoms with van der Waals surface area (Å²) in [7, 11) is -3.00. The van der Waals surface area contributed by atoms with Crippen molar-refractivity contribution < 1.29 is 8.42 Å². The standard InChI is InChI=1S/C12H19N3O3S/c13-10-11(8-3-1-2-4-8)14-15(12(10)16)9-5-6-19(17,18)7-9/h8-9,14H,1-7,13H2. The Morgan fingerprint density at radius 2 is 1.89 bits per heavy atom. The van der Waals surface area contributed by atoms with Gasteiger partial charge in [0.1, 0.15) is 5.69 Å². The van der Waals surface area contributed by atoms with Gasteiger partial charge in [0.05, 0.1) is 23.2 Å². The van der Waals surface area contributed by atoms with Crippen molar-refractivity contribution in [3.63, 3.8) is 0 Å². The average molecular weight is 285 g/mol. The Hall–Kier alpha value is -1.24. The van der Waals surface area contributed by atoms with Crippen molar-refractivity contribution >= 4 is 15.5 Å². The summed E-state index contributed by atoms with van der Waals surface area (Å²) in [6, 6.07) is -0.282. The van der Waals surface area contributed by atoms with Gasteiger partial charge in [0, 0.05) is 5.92 Å². The first kappa shape index (κ1) is 12.8. The lowest BCUT2D eigenvalue weighted by atomic mass is 10.0. The van der Waals surface area contributed by atoms with Gasteiger partial charge in [-0.15, -0.1) is 0 Å². The van der Waals surface area contributed by atoms with E-state index in [2.05, 4.69) is 5.10 Å². The molecule has 1 aromatic heterocycles. The Morgan fingerprint density at radius 3 is 2.47 bits per heavy atom. The lowest BCUT2D eigenvalue weighted by Crippen LogP contribution is -2.24. The summed E-state index contributed by atoms with van der Waals surface area (Å²) >= 11 is 0. The molecule has 1 saturated heterocycles. The molecule has 0 aromatic carbocycles. The maximum absolute atomic E-state index is 12.2. The number of nitrogens with one attached hydrogen (secondary N) is 1. The first-order chi connectivity index (χ1) is 8.98. The average Bonchev–Trinajstić information content (AvgIpc) is 3.03. The topological polar surface area (TPSA) is 97.9 Å². The minimum atomic E-state index is -3.00. The highest BCUT2D eigenvalue weighted by molar-refractivity contribution is 7.91. The van der Waals surface area contributed by atoms with E-state index in [1.165, 1.54) is 4.68 Å². The number of aromatic amines is 1. The van der Waals surface area contributed by atoms with Crippen molar-refractivity contribution in [3.8, 4) is 0 Å². The molecule has 1 saturated carbocycles. The quantitative estimate of drug-likeness (QED) is 0.838. The molecule has 3 rings (SSSR count). The van der Waals surface area contributed by atoms with Crippen molar-refractivity contribution in [2.75, 3.05) is 17.2 Å². The third kappa shape index (κ3) is 2.20. The van der Waals surface area contributed by atoms with E-state index in [9.17, 15) is 13.2 Å². The number of nitrogens with zero attached hydrogens (tertiary/aromatic N) is 1. The molecular weight excluding hydrogens is 266 g/mol. The van der Waals surface area contributed by atoms with E-state index in [0.717, 1.165) is 31.4 Å². The van der Waals surface area contributed by atoms with Gasteiger partial charge in [-0.3, -0.25) is 9.89 Å². The third-order valence-corrected chi connectivity index (χ3v) is 6.07. The molecule has 1 atom stereocenters. The highest BCUT2D eigenvalue weighted by Gasteiger charge is 2.32. The van der Waals surface area contributed by atoms with Gasteiger partial charge in [-0.25, -0.2) is 13.1 Å². The number of hydrogen-bond acceptors (Lipinski definition) is 4.